The summed E-state index contributed by atoms with van der Waals surface area (Å²) in [5.41, 5.74) is 0.297. The van der Waals surface area contributed by atoms with Crippen LogP contribution in [0.15, 0.2) is 35.6 Å². The number of fused-ring (bicyclic) bond motifs is 1. The van der Waals surface area contributed by atoms with Crippen molar-refractivity contribution >= 4 is 22.5 Å². The van der Waals surface area contributed by atoms with Crippen LogP contribution in [0.2, 0.25) is 0 Å². The predicted octanol–water partition coefficient (Wildman–Crippen LogP) is 2.73. The average molecular weight is 409 g/mol. The summed E-state index contributed by atoms with van der Waals surface area (Å²) in [7, 11) is 0. The second-order valence-corrected chi connectivity index (χ2v) is 8.46. The molecule has 0 atom stereocenters. The third kappa shape index (κ3) is 3.83. The fraction of sp³-hybridized carbons (Fsp3) is 0.524. The molecule has 0 spiro atoms. The van der Waals surface area contributed by atoms with Gasteiger partial charge in [0.25, 0.3) is 11.5 Å². The maximum absolute atomic E-state index is 13.3. The molecule has 0 saturated heterocycles. The molecule has 0 bridgehead atoms. The minimum absolute atomic E-state index is 0.0930. The van der Waals surface area contributed by atoms with Gasteiger partial charge in [0, 0.05) is 12.2 Å². The van der Waals surface area contributed by atoms with Crippen LogP contribution in [0.4, 0.5) is 5.69 Å². The van der Waals surface area contributed by atoms with Crippen LogP contribution in [0.5, 0.6) is 0 Å². The number of benzene rings is 1. The van der Waals surface area contributed by atoms with E-state index in [9.17, 15) is 9.59 Å². The highest BCUT2D eigenvalue weighted by atomic mass is 16.2. The number of hydrogen-bond acceptors (Lipinski definition) is 6. The first-order valence-electron chi connectivity index (χ1n) is 10.5. The molecule has 1 fully saturated rings. The van der Waals surface area contributed by atoms with E-state index in [0.29, 0.717) is 41.9 Å². The highest BCUT2D eigenvalue weighted by Crippen LogP contribution is 2.35. The lowest BCUT2D eigenvalue weighted by Crippen LogP contribution is -2.47. The number of aryl methyl sites for hydroxylation is 1. The zero-order chi connectivity index (χ0) is 21.1. The van der Waals surface area contributed by atoms with E-state index in [4.69, 9.17) is 0 Å². The number of rotatable bonds is 6. The quantitative estimate of drug-likeness (QED) is 0.671. The molecule has 3 aromatic rings. The number of nitrogens with zero attached hydrogens (tertiary/aromatic N) is 6. The first kappa shape index (κ1) is 20.2. The highest BCUT2D eigenvalue weighted by Gasteiger charge is 2.42. The van der Waals surface area contributed by atoms with Crippen molar-refractivity contribution in [3.05, 3.63) is 41.2 Å². The topological polar surface area (TPSA) is 108 Å². The van der Waals surface area contributed by atoms with Gasteiger partial charge in [0.1, 0.15) is 11.9 Å². The van der Waals surface area contributed by atoms with E-state index in [0.717, 1.165) is 25.7 Å². The van der Waals surface area contributed by atoms with Crippen LogP contribution >= 0.6 is 0 Å². The molecule has 4 rings (SSSR count). The number of nitrogens with one attached hydrogen (secondary N) is 1. The van der Waals surface area contributed by atoms with Crippen LogP contribution in [-0.2, 0) is 16.9 Å². The van der Waals surface area contributed by atoms with E-state index in [1.807, 2.05) is 0 Å². The third-order valence-electron chi connectivity index (χ3n) is 5.92. The maximum atomic E-state index is 13.3. The molecule has 9 nitrogen and oxygen atoms in total. The van der Waals surface area contributed by atoms with E-state index >= 15 is 0 Å². The standard InChI is InChI=1S/C21H27N7O2/c1-15(2)8-11-27-13-22-18-7-6-16(12-17(18)19(27)29)24-20(30)21(9-4-3-5-10-21)28-14-23-25-26-28/h6-7,12-15H,3-5,8-11H2,1-2H3,(H,24,30). The van der Waals surface area contributed by atoms with Gasteiger partial charge in [-0.2, -0.15) is 0 Å². The second kappa shape index (κ2) is 8.33. The predicted molar refractivity (Wildman–Crippen MR) is 113 cm³/mol. The average Bonchev–Trinajstić information content (AvgIpc) is 3.29. The molecule has 9 heteroatoms. The van der Waals surface area contributed by atoms with Crippen molar-refractivity contribution < 1.29 is 4.79 Å². The van der Waals surface area contributed by atoms with E-state index < -0.39 is 5.54 Å². The number of amides is 1. The Bertz CT molecular complexity index is 1080. The Morgan fingerprint density at radius 3 is 2.70 bits per heavy atom. The van der Waals surface area contributed by atoms with Crippen LogP contribution < -0.4 is 10.9 Å². The molecule has 0 aliphatic heterocycles. The van der Waals surface area contributed by atoms with Gasteiger partial charge >= 0.3 is 0 Å². The van der Waals surface area contributed by atoms with Gasteiger partial charge in [0.2, 0.25) is 0 Å². The van der Waals surface area contributed by atoms with Gasteiger partial charge in [0.05, 0.1) is 17.2 Å². The first-order chi connectivity index (χ1) is 14.5. The zero-order valence-corrected chi connectivity index (χ0v) is 17.4. The largest absolute Gasteiger partial charge is 0.324 e. The van der Waals surface area contributed by atoms with Gasteiger partial charge in [0.15, 0.2) is 0 Å². The van der Waals surface area contributed by atoms with Crippen LogP contribution in [0, 0.1) is 5.92 Å². The zero-order valence-electron chi connectivity index (χ0n) is 17.4. The molecule has 2 heterocycles. The van der Waals surface area contributed by atoms with Crippen LogP contribution in [0.1, 0.15) is 52.4 Å². The fourth-order valence-electron chi connectivity index (χ4n) is 4.09. The summed E-state index contributed by atoms with van der Waals surface area (Å²) < 4.78 is 3.21. The van der Waals surface area contributed by atoms with Crippen LogP contribution in [0.3, 0.4) is 0 Å². The monoisotopic (exact) mass is 409 g/mol. The van der Waals surface area contributed by atoms with Gasteiger partial charge in [-0.1, -0.05) is 33.1 Å². The fourth-order valence-corrected chi connectivity index (χ4v) is 4.09. The summed E-state index contributed by atoms with van der Waals surface area (Å²) in [5.74, 6) is 0.342. The van der Waals surface area contributed by atoms with Crippen molar-refractivity contribution in [2.75, 3.05) is 5.32 Å². The Labute approximate surface area is 174 Å². The van der Waals surface area contributed by atoms with Gasteiger partial charge in [-0.15, -0.1) is 5.10 Å². The molecule has 1 aliphatic carbocycles. The number of carbonyl (C=O) groups excluding carboxylic acids is 1. The Balaban J connectivity index is 1.63. The van der Waals surface area contributed by atoms with Crippen LogP contribution in [0.25, 0.3) is 10.9 Å². The first-order valence-corrected chi connectivity index (χ1v) is 10.5. The number of carbonyl (C=O) groups is 1. The Morgan fingerprint density at radius 1 is 1.20 bits per heavy atom. The lowest BCUT2D eigenvalue weighted by atomic mass is 9.81. The van der Waals surface area contributed by atoms with E-state index in [1.165, 1.54) is 6.33 Å². The van der Waals surface area contributed by atoms with Gasteiger partial charge in [-0.3, -0.25) is 14.2 Å². The summed E-state index contributed by atoms with van der Waals surface area (Å²) in [6, 6.07) is 5.26. The molecule has 1 saturated carbocycles. The van der Waals surface area contributed by atoms with Gasteiger partial charge in [-0.25, -0.2) is 9.67 Å². The Morgan fingerprint density at radius 2 is 2.00 bits per heavy atom. The van der Waals surface area contributed by atoms with Crippen molar-refractivity contribution in [1.82, 2.24) is 29.8 Å². The molecule has 1 aliphatic rings. The normalized spacial score (nSPS) is 16.1. The smallest absolute Gasteiger partial charge is 0.261 e. The van der Waals surface area contributed by atoms with Crippen molar-refractivity contribution in [2.24, 2.45) is 5.92 Å². The van der Waals surface area contributed by atoms with Crippen molar-refractivity contribution in [3.8, 4) is 0 Å². The number of tetrazole rings is 1. The highest BCUT2D eigenvalue weighted by molar-refractivity contribution is 5.98. The molecule has 158 valence electrons. The summed E-state index contributed by atoms with van der Waals surface area (Å²) in [6.07, 6.45) is 8.34. The molecule has 1 N–H and O–H groups in total. The number of aromatic nitrogens is 6. The van der Waals surface area contributed by atoms with Gasteiger partial charge < -0.3 is 5.32 Å². The minimum atomic E-state index is -0.802. The van der Waals surface area contributed by atoms with E-state index in [-0.39, 0.29) is 11.5 Å². The SMILES string of the molecule is CC(C)CCn1cnc2ccc(NC(=O)C3(n4cnnn4)CCCCC3)cc2c1=O. The summed E-state index contributed by atoms with van der Waals surface area (Å²) in [5, 5.41) is 15.0. The maximum Gasteiger partial charge on any atom is 0.261 e. The van der Waals surface area contributed by atoms with Gasteiger partial charge in [-0.05, 0) is 53.8 Å². The Hall–Kier alpha value is -3.10. The van der Waals surface area contributed by atoms with Crippen molar-refractivity contribution in [1.29, 1.82) is 0 Å². The molecule has 0 radical (unpaired) electrons. The lowest BCUT2D eigenvalue weighted by Gasteiger charge is -2.35. The molecule has 30 heavy (non-hydrogen) atoms. The summed E-state index contributed by atoms with van der Waals surface area (Å²) in [6.45, 7) is 4.87. The Kier molecular flexibility index (Phi) is 5.61. The second-order valence-electron chi connectivity index (χ2n) is 8.46. The van der Waals surface area contributed by atoms with E-state index in [1.54, 1.807) is 33.8 Å². The van der Waals surface area contributed by atoms with Crippen molar-refractivity contribution in [3.63, 3.8) is 0 Å². The molecule has 2 aromatic heterocycles. The molecular weight excluding hydrogens is 382 g/mol. The van der Waals surface area contributed by atoms with E-state index in [2.05, 4.69) is 39.7 Å². The number of anilines is 1. The molecular formula is C21H27N7O2. The molecule has 0 unspecified atom stereocenters. The molecule has 1 aromatic carbocycles. The van der Waals surface area contributed by atoms with Crippen LogP contribution in [-0.4, -0.2) is 35.7 Å². The number of hydrogen-bond donors (Lipinski definition) is 1. The summed E-state index contributed by atoms with van der Waals surface area (Å²) in [4.78, 5) is 30.6. The molecule has 1 amide bonds. The lowest BCUT2D eigenvalue weighted by molar-refractivity contribution is -0.126. The third-order valence-corrected chi connectivity index (χ3v) is 5.92. The van der Waals surface area contributed by atoms with Crippen molar-refractivity contribution in [2.45, 2.75) is 64.5 Å². The minimum Gasteiger partial charge on any atom is -0.324 e. The summed E-state index contributed by atoms with van der Waals surface area (Å²) >= 11 is 0.